The van der Waals surface area contributed by atoms with E-state index in [1.165, 1.54) is 12.1 Å². The molecule has 0 unspecified atom stereocenters. The van der Waals surface area contributed by atoms with Crippen LogP contribution < -0.4 is 9.47 Å². The van der Waals surface area contributed by atoms with Crippen molar-refractivity contribution in [2.24, 2.45) is 0 Å². The van der Waals surface area contributed by atoms with Gasteiger partial charge in [-0.2, -0.15) is 0 Å². The van der Waals surface area contributed by atoms with E-state index in [2.05, 4.69) is 0 Å². The first kappa shape index (κ1) is 15.6. The van der Waals surface area contributed by atoms with Crippen LogP contribution in [0.2, 0.25) is 0 Å². The van der Waals surface area contributed by atoms with Gasteiger partial charge >= 0.3 is 0 Å². The van der Waals surface area contributed by atoms with Gasteiger partial charge in [0, 0.05) is 23.8 Å². The Morgan fingerprint density at radius 2 is 1.54 bits per heavy atom. The number of nitrogens with zero attached hydrogens (tertiary/aromatic N) is 1. The average Bonchev–Trinajstić information content (AvgIpc) is 2.63. The molecule has 3 aromatic rings. The van der Waals surface area contributed by atoms with Crippen LogP contribution in [0.15, 0.2) is 72.8 Å². The molecule has 3 aromatic carbocycles. The van der Waals surface area contributed by atoms with Crippen molar-refractivity contribution < 1.29 is 14.4 Å². The van der Waals surface area contributed by atoms with Gasteiger partial charge in [0.2, 0.25) is 0 Å². The van der Waals surface area contributed by atoms with Crippen molar-refractivity contribution in [1.82, 2.24) is 0 Å². The molecule has 0 saturated heterocycles. The van der Waals surface area contributed by atoms with Crippen LogP contribution in [0.4, 0.5) is 5.69 Å². The Hall–Kier alpha value is -3.34. The first-order valence-electron chi connectivity index (χ1n) is 7.33. The van der Waals surface area contributed by atoms with Crippen LogP contribution in [0, 0.1) is 10.1 Å². The minimum Gasteiger partial charge on any atom is -0.497 e. The molecule has 0 radical (unpaired) electrons. The maximum absolute atomic E-state index is 10.7. The van der Waals surface area contributed by atoms with Crippen LogP contribution in [0.1, 0.15) is 0 Å². The van der Waals surface area contributed by atoms with Crippen molar-refractivity contribution in [2.45, 2.75) is 0 Å². The molecule has 0 fully saturated rings. The lowest BCUT2D eigenvalue weighted by molar-refractivity contribution is -0.384. The number of methoxy groups -OCH3 is 1. The van der Waals surface area contributed by atoms with Gasteiger partial charge in [0.25, 0.3) is 5.69 Å². The molecule has 24 heavy (non-hydrogen) atoms. The van der Waals surface area contributed by atoms with Gasteiger partial charge in [-0.25, -0.2) is 0 Å². The van der Waals surface area contributed by atoms with Gasteiger partial charge in [-0.1, -0.05) is 30.3 Å². The highest BCUT2D eigenvalue weighted by atomic mass is 16.6. The summed E-state index contributed by atoms with van der Waals surface area (Å²) < 4.78 is 11.2. The van der Waals surface area contributed by atoms with Crippen LogP contribution in [0.5, 0.6) is 17.2 Å². The minimum atomic E-state index is -0.440. The van der Waals surface area contributed by atoms with E-state index in [1.54, 1.807) is 25.3 Å². The summed E-state index contributed by atoms with van der Waals surface area (Å²) in [4.78, 5) is 10.3. The van der Waals surface area contributed by atoms with Crippen LogP contribution in [-0.4, -0.2) is 12.0 Å². The molecular weight excluding hydrogens is 306 g/mol. The number of rotatable bonds is 5. The van der Waals surface area contributed by atoms with Crippen LogP contribution in [0.3, 0.4) is 0 Å². The van der Waals surface area contributed by atoms with Crippen molar-refractivity contribution in [3.8, 4) is 28.4 Å². The summed E-state index contributed by atoms with van der Waals surface area (Å²) in [5.74, 6) is 1.81. The second kappa shape index (κ2) is 6.83. The van der Waals surface area contributed by atoms with Crippen molar-refractivity contribution in [1.29, 1.82) is 0 Å². The predicted molar refractivity (Wildman–Crippen MR) is 91.6 cm³/mol. The summed E-state index contributed by atoms with van der Waals surface area (Å²) in [6, 6.07) is 21.4. The van der Waals surface area contributed by atoms with Crippen LogP contribution >= 0.6 is 0 Å². The highest BCUT2D eigenvalue weighted by molar-refractivity contribution is 5.72. The topological polar surface area (TPSA) is 61.6 Å². The standard InChI is InChI=1S/C19H15NO4/c1-23-17-11-12-18(14-5-3-2-4-6-14)19(13-17)24-16-9-7-15(8-10-16)20(21)22/h2-13H,1H3. The Labute approximate surface area is 139 Å². The molecule has 0 spiro atoms. The molecule has 5 heteroatoms. The van der Waals surface area contributed by atoms with E-state index in [9.17, 15) is 10.1 Å². The van der Waals surface area contributed by atoms with Crippen molar-refractivity contribution >= 4 is 5.69 Å². The number of non-ortho nitro benzene ring substituents is 1. The van der Waals surface area contributed by atoms with Crippen molar-refractivity contribution in [3.63, 3.8) is 0 Å². The second-order valence-corrected chi connectivity index (χ2v) is 5.08. The van der Waals surface area contributed by atoms with E-state index in [-0.39, 0.29) is 5.69 Å². The Bertz CT molecular complexity index is 845. The van der Waals surface area contributed by atoms with E-state index in [4.69, 9.17) is 9.47 Å². The van der Waals surface area contributed by atoms with Crippen molar-refractivity contribution in [2.75, 3.05) is 7.11 Å². The van der Waals surface area contributed by atoms with Crippen molar-refractivity contribution in [3.05, 3.63) is 82.9 Å². The fraction of sp³-hybridized carbons (Fsp3) is 0.0526. The van der Waals surface area contributed by atoms with Gasteiger partial charge in [-0.05, 0) is 29.8 Å². The van der Waals surface area contributed by atoms with E-state index >= 15 is 0 Å². The zero-order valence-corrected chi connectivity index (χ0v) is 13.0. The van der Waals surface area contributed by atoms with Gasteiger partial charge in [0.15, 0.2) is 0 Å². The van der Waals surface area contributed by atoms with E-state index < -0.39 is 4.92 Å². The van der Waals surface area contributed by atoms with Gasteiger partial charge in [0.05, 0.1) is 12.0 Å². The lowest BCUT2D eigenvalue weighted by Gasteiger charge is -2.13. The molecule has 0 heterocycles. The monoisotopic (exact) mass is 321 g/mol. The third-order valence-corrected chi connectivity index (χ3v) is 3.55. The second-order valence-electron chi connectivity index (χ2n) is 5.08. The summed E-state index contributed by atoms with van der Waals surface area (Å²) in [5, 5.41) is 10.7. The fourth-order valence-corrected chi connectivity index (χ4v) is 2.33. The van der Waals surface area contributed by atoms with E-state index in [0.717, 1.165) is 11.1 Å². The van der Waals surface area contributed by atoms with Gasteiger partial charge in [-0.3, -0.25) is 10.1 Å². The number of hydrogen-bond donors (Lipinski definition) is 0. The highest BCUT2D eigenvalue weighted by Crippen LogP contribution is 2.36. The third-order valence-electron chi connectivity index (χ3n) is 3.55. The lowest BCUT2D eigenvalue weighted by Crippen LogP contribution is -1.92. The third kappa shape index (κ3) is 3.35. The summed E-state index contributed by atoms with van der Waals surface area (Å²) in [7, 11) is 1.59. The molecule has 0 bridgehead atoms. The molecular formula is C19H15NO4. The molecule has 120 valence electrons. The molecule has 0 aliphatic carbocycles. The smallest absolute Gasteiger partial charge is 0.269 e. The quantitative estimate of drug-likeness (QED) is 0.486. The largest absolute Gasteiger partial charge is 0.497 e. The predicted octanol–water partition coefficient (Wildman–Crippen LogP) is 5.06. The van der Waals surface area contributed by atoms with E-state index in [1.807, 2.05) is 42.5 Å². The summed E-state index contributed by atoms with van der Waals surface area (Å²) in [5.41, 5.74) is 1.95. The summed E-state index contributed by atoms with van der Waals surface area (Å²) >= 11 is 0. The molecule has 0 aromatic heterocycles. The highest BCUT2D eigenvalue weighted by Gasteiger charge is 2.11. The lowest BCUT2D eigenvalue weighted by atomic mass is 10.0. The maximum Gasteiger partial charge on any atom is 0.269 e. The average molecular weight is 321 g/mol. The van der Waals surface area contributed by atoms with Crippen LogP contribution in [-0.2, 0) is 0 Å². The maximum atomic E-state index is 10.7. The number of nitro groups is 1. The summed E-state index contributed by atoms with van der Waals surface area (Å²) in [6.07, 6.45) is 0. The molecule has 0 saturated carbocycles. The Balaban J connectivity index is 1.97. The molecule has 0 atom stereocenters. The minimum absolute atomic E-state index is 0.0243. The normalized spacial score (nSPS) is 10.2. The fourth-order valence-electron chi connectivity index (χ4n) is 2.33. The Morgan fingerprint density at radius 1 is 0.875 bits per heavy atom. The van der Waals surface area contributed by atoms with Crippen LogP contribution in [0.25, 0.3) is 11.1 Å². The number of hydrogen-bond acceptors (Lipinski definition) is 4. The molecule has 0 aliphatic heterocycles. The number of benzene rings is 3. The molecule has 0 aliphatic rings. The zero-order chi connectivity index (χ0) is 16.9. The number of nitro benzene ring substituents is 1. The SMILES string of the molecule is COc1ccc(-c2ccccc2)c(Oc2ccc([N+](=O)[O-])cc2)c1. The first-order chi connectivity index (χ1) is 11.7. The molecule has 3 rings (SSSR count). The van der Waals surface area contributed by atoms with Gasteiger partial charge < -0.3 is 9.47 Å². The Kier molecular flexibility index (Phi) is 4.43. The summed E-state index contributed by atoms with van der Waals surface area (Å²) in [6.45, 7) is 0. The molecule has 0 N–H and O–H groups in total. The van der Waals surface area contributed by atoms with Gasteiger partial charge in [0.1, 0.15) is 17.2 Å². The van der Waals surface area contributed by atoms with E-state index in [0.29, 0.717) is 17.2 Å². The molecule has 0 amide bonds. The first-order valence-corrected chi connectivity index (χ1v) is 7.33. The number of ether oxygens (including phenoxy) is 2. The zero-order valence-electron chi connectivity index (χ0n) is 13.0. The Morgan fingerprint density at radius 3 is 2.17 bits per heavy atom. The molecule has 5 nitrogen and oxygen atoms in total. The van der Waals surface area contributed by atoms with Gasteiger partial charge in [-0.15, -0.1) is 0 Å².